The quantitative estimate of drug-likeness (QED) is 0.762. The molecule has 0 unspecified atom stereocenters. The lowest BCUT2D eigenvalue weighted by Gasteiger charge is -2.26. The van der Waals surface area contributed by atoms with E-state index in [9.17, 15) is 0 Å². The predicted octanol–water partition coefficient (Wildman–Crippen LogP) is 3.47. The summed E-state index contributed by atoms with van der Waals surface area (Å²) in [6.07, 6.45) is 5.89. The number of hydrogen-bond donors (Lipinski definition) is 0. The lowest BCUT2D eigenvalue weighted by molar-refractivity contribution is 0.122. The van der Waals surface area contributed by atoms with Gasteiger partial charge in [0, 0.05) is 11.6 Å². The van der Waals surface area contributed by atoms with E-state index in [4.69, 9.17) is 4.74 Å². The molecule has 1 aromatic carbocycles. The molecule has 1 heterocycles. The van der Waals surface area contributed by atoms with Crippen LogP contribution in [0.25, 0.3) is 10.9 Å². The SMILES string of the molecule is Cc1cc(OC2CCC2)c2ncccc2c1. The Balaban J connectivity index is 2.06. The van der Waals surface area contributed by atoms with Gasteiger partial charge >= 0.3 is 0 Å². The molecular formula is C14H15NO. The molecule has 0 atom stereocenters. The van der Waals surface area contributed by atoms with E-state index in [1.807, 2.05) is 12.3 Å². The Morgan fingerprint density at radius 2 is 2.19 bits per heavy atom. The van der Waals surface area contributed by atoms with Gasteiger partial charge < -0.3 is 4.74 Å². The van der Waals surface area contributed by atoms with Crippen LogP contribution in [0.3, 0.4) is 0 Å². The summed E-state index contributed by atoms with van der Waals surface area (Å²) in [6.45, 7) is 2.10. The van der Waals surface area contributed by atoms with E-state index in [-0.39, 0.29) is 0 Å². The van der Waals surface area contributed by atoms with Crippen molar-refractivity contribution in [3.8, 4) is 5.75 Å². The van der Waals surface area contributed by atoms with E-state index >= 15 is 0 Å². The first-order valence-corrected chi connectivity index (χ1v) is 5.85. The molecule has 16 heavy (non-hydrogen) atoms. The van der Waals surface area contributed by atoms with Gasteiger partial charge in [0.15, 0.2) is 0 Å². The van der Waals surface area contributed by atoms with Gasteiger partial charge in [0.25, 0.3) is 0 Å². The number of aromatic nitrogens is 1. The van der Waals surface area contributed by atoms with Crippen LogP contribution in [-0.4, -0.2) is 11.1 Å². The molecule has 0 radical (unpaired) electrons. The third kappa shape index (κ3) is 1.64. The maximum absolute atomic E-state index is 5.98. The highest BCUT2D eigenvalue weighted by molar-refractivity contribution is 5.85. The maximum atomic E-state index is 5.98. The van der Waals surface area contributed by atoms with E-state index < -0.39 is 0 Å². The molecule has 0 aliphatic heterocycles. The molecule has 1 aliphatic rings. The van der Waals surface area contributed by atoms with Crippen molar-refractivity contribution in [2.45, 2.75) is 32.3 Å². The molecule has 0 amide bonds. The van der Waals surface area contributed by atoms with Gasteiger partial charge in [0.2, 0.25) is 0 Å². The van der Waals surface area contributed by atoms with Gasteiger partial charge in [0.1, 0.15) is 11.3 Å². The standard InChI is InChI=1S/C14H15NO/c1-10-8-11-4-3-7-15-14(11)13(9-10)16-12-5-2-6-12/h3-4,7-9,12H,2,5-6H2,1H3. The van der Waals surface area contributed by atoms with E-state index in [0.29, 0.717) is 6.10 Å². The Morgan fingerprint density at radius 3 is 2.94 bits per heavy atom. The number of aryl methyl sites for hydroxylation is 1. The number of pyridine rings is 1. The number of rotatable bonds is 2. The van der Waals surface area contributed by atoms with Crippen LogP contribution in [0, 0.1) is 6.92 Å². The van der Waals surface area contributed by atoms with Crippen molar-refractivity contribution in [1.29, 1.82) is 0 Å². The van der Waals surface area contributed by atoms with Gasteiger partial charge in [-0.3, -0.25) is 4.98 Å². The van der Waals surface area contributed by atoms with Crippen molar-refractivity contribution in [2.24, 2.45) is 0 Å². The number of nitrogens with zero attached hydrogens (tertiary/aromatic N) is 1. The van der Waals surface area contributed by atoms with Gasteiger partial charge in [0.05, 0.1) is 6.10 Å². The van der Waals surface area contributed by atoms with Crippen molar-refractivity contribution in [3.63, 3.8) is 0 Å². The molecule has 2 nitrogen and oxygen atoms in total. The highest BCUT2D eigenvalue weighted by Crippen LogP contribution is 2.30. The molecule has 1 saturated carbocycles. The van der Waals surface area contributed by atoms with E-state index in [0.717, 1.165) is 16.7 Å². The number of fused-ring (bicyclic) bond motifs is 1. The molecule has 2 heteroatoms. The largest absolute Gasteiger partial charge is 0.488 e. The minimum absolute atomic E-state index is 0.409. The molecule has 0 bridgehead atoms. The molecule has 3 rings (SSSR count). The molecule has 1 aromatic heterocycles. The van der Waals surface area contributed by atoms with Crippen molar-refractivity contribution in [2.75, 3.05) is 0 Å². The zero-order valence-corrected chi connectivity index (χ0v) is 9.44. The topological polar surface area (TPSA) is 22.1 Å². The van der Waals surface area contributed by atoms with E-state index in [1.54, 1.807) is 0 Å². The lowest BCUT2D eigenvalue weighted by atomic mass is 9.96. The molecule has 0 spiro atoms. The van der Waals surface area contributed by atoms with Gasteiger partial charge in [-0.25, -0.2) is 0 Å². The molecule has 0 saturated heterocycles. The van der Waals surface area contributed by atoms with Crippen LogP contribution in [0.2, 0.25) is 0 Å². The minimum atomic E-state index is 0.409. The summed E-state index contributed by atoms with van der Waals surface area (Å²) in [5.74, 6) is 0.945. The first kappa shape index (κ1) is 9.64. The number of ether oxygens (including phenoxy) is 1. The molecule has 82 valence electrons. The third-order valence-electron chi connectivity index (χ3n) is 3.16. The second-order valence-electron chi connectivity index (χ2n) is 4.51. The van der Waals surface area contributed by atoms with Gasteiger partial charge in [-0.15, -0.1) is 0 Å². The summed E-state index contributed by atoms with van der Waals surface area (Å²) in [4.78, 5) is 4.41. The van der Waals surface area contributed by atoms with Crippen LogP contribution in [0.5, 0.6) is 5.75 Å². The maximum Gasteiger partial charge on any atom is 0.146 e. The summed E-state index contributed by atoms with van der Waals surface area (Å²) in [6, 6.07) is 8.29. The zero-order chi connectivity index (χ0) is 11.0. The fraction of sp³-hybridized carbons (Fsp3) is 0.357. The van der Waals surface area contributed by atoms with Gasteiger partial charge in [-0.1, -0.05) is 6.07 Å². The summed E-state index contributed by atoms with van der Waals surface area (Å²) in [5.41, 5.74) is 2.22. The van der Waals surface area contributed by atoms with Crippen LogP contribution in [0.1, 0.15) is 24.8 Å². The minimum Gasteiger partial charge on any atom is -0.488 e. The van der Waals surface area contributed by atoms with Crippen LogP contribution in [-0.2, 0) is 0 Å². The van der Waals surface area contributed by atoms with Crippen LogP contribution < -0.4 is 4.74 Å². The fourth-order valence-electron chi connectivity index (χ4n) is 2.06. The second kappa shape index (κ2) is 3.78. The predicted molar refractivity (Wildman–Crippen MR) is 64.7 cm³/mol. The van der Waals surface area contributed by atoms with E-state index in [2.05, 4.69) is 30.1 Å². The molecule has 0 N–H and O–H groups in total. The van der Waals surface area contributed by atoms with Gasteiger partial charge in [-0.2, -0.15) is 0 Å². The Labute approximate surface area is 95.3 Å². The zero-order valence-electron chi connectivity index (χ0n) is 9.44. The van der Waals surface area contributed by atoms with Crippen LogP contribution >= 0.6 is 0 Å². The van der Waals surface area contributed by atoms with Crippen LogP contribution in [0.15, 0.2) is 30.5 Å². The number of benzene rings is 1. The normalized spacial score (nSPS) is 16.1. The van der Waals surface area contributed by atoms with Crippen molar-refractivity contribution >= 4 is 10.9 Å². The summed E-state index contributed by atoms with van der Waals surface area (Å²) < 4.78 is 5.98. The van der Waals surface area contributed by atoms with Crippen molar-refractivity contribution in [3.05, 3.63) is 36.0 Å². The van der Waals surface area contributed by atoms with Crippen molar-refractivity contribution < 1.29 is 4.74 Å². The first-order chi connectivity index (χ1) is 7.83. The smallest absolute Gasteiger partial charge is 0.146 e. The fourth-order valence-corrected chi connectivity index (χ4v) is 2.06. The Morgan fingerprint density at radius 1 is 1.31 bits per heavy atom. The molecule has 1 fully saturated rings. The first-order valence-electron chi connectivity index (χ1n) is 5.85. The average molecular weight is 213 g/mol. The molecule has 2 aromatic rings. The second-order valence-corrected chi connectivity index (χ2v) is 4.51. The molecule has 1 aliphatic carbocycles. The van der Waals surface area contributed by atoms with E-state index in [1.165, 1.54) is 24.8 Å². The summed E-state index contributed by atoms with van der Waals surface area (Å²) in [7, 11) is 0. The van der Waals surface area contributed by atoms with Crippen LogP contribution in [0.4, 0.5) is 0 Å². The Hall–Kier alpha value is -1.57. The van der Waals surface area contributed by atoms with Crippen molar-refractivity contribution in [1.82, 2.24) is 4.98 Å². The number of hydrogen-bond acceptors (Lipinski definition) is 2. The summed E-state index contributed by atoms with van der Waals surface area (Å²) >= 11 is 0. The monoisotopic (exact) mass is 213 g/mol. The highest BCUT2D eigenvalue weighted by atomic mass is 16.5. The Kier molecular flexibility index (Phi) is 2.28. The Bertz CT molecular complexity index is 517. The third-order valence-corrected chi connectivity index (χ3v) is 3.16. The lowest BCUT2D eigenvalue weighted by Crippen LogP contribution is -2.24. The molecular weight excluding hydrogens is 198 g/mol. The highest BCUT2D eigenvalue weighted by Gasteiger charge is 2.20. The average Bonchev–Trinajstić information content (AvgIpc) is 2.23. The van der Waals surface area contributed by atoms with Gasteiger partial charge in [-0.05, 0) is 49.9 Å². The summed E-state index contributed by atoms with van der Waals surface area (Å²) in [5, 5.41) is 1.16.